The van der Waals surface area contributed by atoms with Gasteiger partial charge in [-0.1, -0.05) is 43.3 Å². The zero-order valence-electron chi connectivity index (χ0n) is 16.7. The second-order valence-electron chi connectivity index (χ2n) is 7.14. The first-order valence-electron chi connectivity index (χ1n) is 10.2. The van der Waals surface area contributed by atoms with Crippen LogP contribution < -0.4 is 15.5 Å². The Morgan fingerprint density at radius 3 is 2.66 bits per heavy atom. The van der Waals surface area contributed by atoms with Crippen molar-refractivity contribution in [1.82, 2.24) is 15.1 Å². The number of rotatable bonds is 6. The van der Waals surface area contributed by atoms with Crippen molar-refractivity contribution in [3.05, 3.63) is 54.1 Å². The van der Waals surface area contributed by atoms with E-state index in [-0.39, 0.29) is 6.03 Å². The molecule has 4 rings (SSSR count). The largest absolute Gasteiger partial charge is 0.378 e. The number of urea groups is 1. The van der Waals surface area contributed by atoms with Crippen LogP contribution in [0.4, 0.5) is 16.3 Å². The predicted molar refractivity (Wildman–Crippen MR) is 116 cm³/mol. The summed E-state index contributed by atoms with van der Waals surface area (Å²) in [5.41, 5.74) is 3.25. The number of ether oxygens (including phenoxy) is 1. The Morgan fingerprint density at radius 1 is 1.10 bits per heavy atom. The first kappa shape index (κ1) is 19.3. The van der Waals surface area contributed by atoms with Crippen molar-refractivity contribution in [1.29, 1.82) is 0 Å². The summed E-state index contributed by atoms with van der Waals surface area (Å²) in [6.07, 6.45) is 0.885. The van der Waals surface area contributed by atoms with Crippen LogP contribution in [0.3, 0.4) is 0 Å². The van der Waals surface area contributed by atoms with Crippen LogP contribution in [0.5, 0.6) is 0 Å². The Labute approximate surface area is 170 Å². The quantitative estimate of drug-likeness (QED) is 0.673. The lowest BCUT2D eigenvalue weighted by atomic mass is 10.1. The zero-order valence-corrected chi connectivity index (χ0v) is 16.7. The van der Waals surface area contributed by atoms with E-state index in [1.165, 1.54) is 0 Å². The van der Waals surface area contributed by atoms with E-state index < -0.39 is 0 Å². The molecule has 1 saturated heterocycles. The number of hydrogen-bond acceptors (Lipinski definition) is 4. The zero-order chi connectivity index (χ0) is 20.1. The molecule has 2 amide bonds. The van der Waals surface area contributed by atoms with E-state index in [1.54, 1.807) is 0 Å². The summed E-state index contributed by atoms with van der Waals surface area (Å²) < 4.78 is 7.48. The molecule has 29 heavy (non-hydrogen) atoms. The van der Waals surface area contributed by atoms with Crippen LogP contribution in [0.1, 0.15) is 18.9 Å². The van der Waals surface area contributed by atoms with Crippen LogP contribution in [0.15, 0.2) is 48.5 Å². The van der Waals surface area contributed by atoms with Gasteiger partial charge in [0.15, 0.2) is 5.82 Å². The minimum atomic E-state index is -0.227. The van der Waals surface area contributed by atoms with Crippen molar-refractivity contribution in [2.24, 2.45) is 0 Å². The topological polar surface area (TPSA) is 71.4 Å². The number of fused-ring (bicyclic) bond motifs is 1. The molecule has 0 atom stereocenters. The molecule has 1 fully saturated rings. The minimum Gasteiger partial charge on any atom is -0.378 e. The second-order valence-corrected chi connectivity index (χ2v) is 7.14. The highest BCUT2D eigenvalue weighted by molar-refractivity contribution is 6.05. The SMILES string of the molecule is CCCNC(=O)Nc1nn(Cc2ccccc2)c2cccc(N3CCOCC3)c12. The number of nitrogens with zero attached hydrogens (tertiary/aromatic N) is 3. The summed E-state index contributed by atoms with van der Waals surface area (Å²) in [5.74, 6) is 0.589. The number of anilines is 2. The summed E-state index contributed by atoms with van der Waals surface area (Å²) in [6, 6.07) is 16.2. The van der Waals surface area contributed by atoms with Crippen molar-refractivity contribution in [2.45, 2.75) is 19.9 Å². The third-order valence-corrected chi connectivity index (χ3v) is 5.05. The van der Waals surface area contributed by atoms with Gasteiger partial charge in [-0.15, -0.1) is 0 Å². The molecular formula is C22H27N5O2. The average molecular weight is 393 g/mol. The van der Waals surface area contributed by atoms with Crippen molar-refractivity contribution < 1.29 is 9.53 Å². The van der Waals surface area contributed by atoms with Crippen LogP contribution in [-0.4, -0.2) is 48.7 Å². The van der Waals surface area contributed by atoms with Crippen molar-refractivity contribution in [2.75, 3.05) is 43.1 Å². The molecule has 2 N–H and O–H groups in total. The van der Waals surface area contributed by atoms with Gasteiger partial charge >= 0.3 is 6.03 Å². The lowest BCUT2D eigenvalue weighted by molar-refractivity contribution is 0.123. The van der Waals surface area contributed by atoms with E-state index in [9.17, 15) is 4.79 Å². The maximum atomic E-state index is 12.4. The van der Waals surface area contributed by atoms with Gasteiger partial charge in [-0.2, -0.15) is 5.10 Å². The molecular weight excluding hydrogens is 366 g/mol. The number of nitrogens with one attached hydrogen (secondary N) is 2. The Balaban J connectivity index is 1.74. The fourth-order valence-corrected chi connectivity index (χ4v) is 3.63. The van der Waals surface area contributed by atoms with Gasteiger partial charge in [0.05, 0.1) is 36.3 Å². The van der Waals surface area contributed by atoms with Crippen LogP contribution in [0.2, 0.25) is 0 Å². The molecule has 1 aromatic heterocycles. The summed E-state index contributed by atoms with van der Waals surface area (Å²) in [6.45, 7) is 6.35. The van der Waals surface area contributed by atoms with Gasteiger partial charge in [-0.3, -0.25) is 10.00 Å². The second kappa shape index (κ2) is 8.96. The molecule has 1 aliphatic rings. The van der Waals surface area contributed by atoms with Gasteiger partial charge in [0, 0.05) is 19.6 Å². The molecule has 0 aliphatic carbocycles. The van der Waals surface area contributed by atoms with Gasteiger partial charge in [-0.25, -0.2) is 4.79 Å². The van der Waals surface area contributed by atoms with E-state index in [2.05, 4.69) is 45.9 Å². The van der Waals surface area contributed by atoms with Gasteiger partial charge in [0.1, 0.15) is 0 Å². The number of morpholine rings is 1. The third kappa shape index (κ3) is 4.35. The lowest BCUT2D eigenvalue weighted by Crippen LogP contribution is -2.36. The van der Waals surface area contributed by atoms with Gasteiger partial charge in [-0.05, 0) is 24.1 Å². The average Bonchev–Trinajstić information content (AvgIpc) is 3.11. The van der Waals surface area contributed by atoms with E-state index in [1.807, 2.05) is 29.8 Å². The summed E-state index contributed by atoms with van der Waals surface area (Å²) in [4.78, 5) is 14.7. The Bertz CT molecular complexity index is 964. The standard InChI is InChI=1S/C22H27N5O2/c1-2-11-23-22(28)24-21-20-18(26-12-14-29-15-13-26)9-6-10-19(20)27(25-21)16-17-7-4-3-5-8-17/h3-10H,2,11-16H2,1H3,(H2,23,24,25,28). The van der Waals surface area contributed by atoms with Crippen molar-refractivity contribution in [3.63, 3.8) is 0 Å². The Morgan fingerprint density at radius 2 is 1.90 bits per heavy atom. The van der Waals surface area contributed by atoms with Crippen molar-refractivity contribution >= 4 is 28.4 Å². The summed E-state index contributed by atoms with van der Waals surface area (Å²) >= 11 is 0. The molecule has 0 saturated carbocycles. The molecule has 0 unspecified atom stereocenters. The number of benzene rings is 2. The first-order valence-corrected chi connectivity index (χ1v) is 10.2. The summed E-state index contributed by atoms with van der Waals surface area (Å²) in [7, 11) is 0. The van der Waals surface area contributed by atoms with Gasteiger partial charge in [0.25, 0.3) is 0 Å². The minimum absolute atomic E-state index is 0.227. The molecule has 2 aromatic carbocycles. The van der Waals surface area contributed by atoms with E-state index in [0.29, 0.717) is 32.1 Å². The van der Waals surface area contributed by atoms with E-state index >= 15 is 0 Å². The summed E-state index contributed by atoms with van der Waals surface area (Å²) in [5, 5.41) is 11.6. The molecule has 0 radical (unpaired) electrons. The third-order valence-electron chi connectivity index (χ3n) is 5.05. The maximum Gasteiger partial charge on any atom is 0.320 e. The number of aromatic nitrogens is 2. The van der Waals surface area contributed by atoms with Crippen LogP contribution in [0.25, 0.3) is 10.9 Å². The van der Waals surface area contributed by atoms with Crippen LogP contribution in [0, 0.1) is 0 Å². The first-order chi connectivity index (χ1) is 14.3. The fourth-order valence-electron chi connectivity index (χ4n) is 3.63. The molecule has 3 aromatic rings. The highest BCUT2D eigenvalue weighted by Gasteiger charge is 2.21. The Kier molecular flexibility index (Phi) is 5.95. The van der Waals surface area contributed by atoms with Crippen molar-refractivity contribution in [3.8, 4) is 0 Å². The van der Waals surface area contributed by atoms with Gasteiger partial charge < -0.3 is 15.0 Å². The maximum absolute atomic E-state index is 12.4. The number of carbonyl (C=O) groups is 1. The molecule has 7 heteroatoms. The van der Waals surface area contributed by atoms with Gasteiger partial charge in [0.2, 0.25) is 0 Å². The van der Waals surface area contributed by atoms with E-state index in [4.69, 9.17) is 9.84 Å². The molecule has 2 heterocycles. The number of carbonyl (C=O) groups excluding carboxylic acids is 1. The molecule has 0 spiro atoms. The molecule has 0 bridgehead atoms. The lowest BCUT2D eigenvalue weighted by Gasteiger charge is -2.29. The van der Waals surface area contributed by atoms with Crippen LogP contribution >= 0.6 is 0 Å². The molecule has 7 nitrogen and oxygen atoms in total. The smallest absolute Gasteiger partial charge is 0.320 e. The number of hydrogen-bond donors (Lipinski definition) is 2. The fraction of sp³-hybridized carbons (Fsp3) is 0.364. The highest BCUT2D eigenvalue weighted by Crippen LogP contribution is 2.33. The Hall–Kier alpha value is -3.06. The monoisotopic (exact) mass is 393 g/mol. The van der Waals surface area contributed by atoms with Crippen LogP contribution in [-0.2, 0) is 11.3 Å². The number of amides is 2. The predicted octanol–water partition coefficient (Wildman–Crippen LogP) is 3.45. The normalized spacial score (nSPS) is 14.2. The van der Waals surface area contributed by atoms with E-state index in [0.717, 1.165) is 41.7 Å². The molecule has 1 aliphatic heterocycles. The highest BCUT2D eigenvalue weighted by atomic mass is 16.5. The molecule has 152 valence electrons.